The molecule has 0 aliphatic heterocycles. The van der Waals surface area contributed by atoms with E-state index in [4.69, 9.17) is 10.5 Å². The minimum Gasteiger partial charge on any atom is -0.490 e. The molecular formula is C12H16FNO. The van der Waals surface area contributed by atoms with Crippen LogP contribution in [-0.2, 0) is 0 Å². The predicted octanol–water partition coefficient (Wildman–Crippen LogP) is 2.59. The second-order valence-electron chi connectivity index (χ2n) is 3.93. The van der Waals surface area contributed by atoms with Crippen molar-refractivity contribution in [2.24, 2.45) is 5.73 Å². The Labute approximate surface area is 89.2 Å². The fraction of sp³-hybridized carbons (Fsp3) is 0.500. The summed E-state index contributed by atoms with van der Waals surface area (Å²) in [6, 6.07) is 7.21. The van der Waals surface area contributed by atoms with Crippen LogP contribution in [0.25, 0.3) is 0 Å². The van der Waals surface area contributed by atoms with Gasteiger partial charge in [-0.3, -0.25) is 0 Å². The molecule has 1 aliphatic rings. The Hall–Kier alpha value is -1.09. The summed E-state index contributed by atoms with van der Waals surface area (Å²) in [5.74, 6) is 0.834. The molecule has 3 heteroatoms. The highest BCUT2D eigenvalue weighted by Gasteiger charge is 2.23. The molecule has 0 aromatic heterocycles. The molecule has 0 bridgehead atoms. The largest absolute Gasteiger partial charge is 0.490 e. The van der Waals surface area contributed by atoms with Gasteiger partial charge in [0.25, 0.3) is 0 Å². The predicted molar refractivity (Wildman–Crippen MR) is 57.6 cm³/mol. The molecule has 15 heavy (non-hydrogen) atoms. The van der Waals surface area contributed by atoms with E-state index >= 15 is 0 Å². The molecule has 1 fully saturated rings. The quantitative estimate of drug-likeness (QED) is 0.809. The number of hydrogen-bond donors (Lipinski definition) is 1. The summed E-state index contributed by atoms with van der Waals surface area (Å²) < 4.78 is 19.0. The molecule has 82 valence electrons. The third-order valence-electron chi connectivity index (χ3n) is 2.49. The van der Waals surface area contributed by atoms with Gasteiger partial charge in [0, 0.05) is 0 Å². The first-order valence-corrected chi connectivity index (χ1v) is 5.40. The number of halogens is 1. The highest BCUT2D eigenvalue weighted by molar-refractivity contribution is 5.29. The smallest absolute Gasteiger partial charge is 0.126 e. The van der Waals surface area contributed by atoms with Crippen LogP contribution < -0.4 is 10.5 Å². The van der Waals surface area contributed by atoms with E-state index in [1.54, 1.807) is 12.1 Å². The van der Waals surface area contributed by atoms with E-state index in [0.717, 1.165) is 18.6 Å². The van der Waals surface area contributed by atoms with Crippen molar-refractivity contribution in [3.8, 4) is 5.75 Å². The van der Waals surface area contributed by atoms with Gasteiger partial charge in [-0.15, -0.1) is 0 Å². The third-order valence-corrected chi connectivity index (χ3v) is 2.49. The summed E-state index contributed by atoms with van der Waals surface area (Å²) >= 11 is 0. The fourth-order valence-electron chi connectivity index (χ4n) is 1.45. The van der Waals surface area contributed by atoms with E-state index in [0.29, 0.717) is 24.6 Å². The fourth-order valence-corrected chi connectivity index (χ4v) is 1.45. The lowest BCUT2D eigenvalue weighted by Gasteiger charge is -2.08. The van der Waals surface area contributed by atoms with Crippen LogP contribution >= 0.6 is 0 Å². The molecule has 1 aromatic rings. The van der Waals surface area contributed by atoms with Crippen LogP contribution in [0.4, 0.5) is 4.39 Å². The molecule has 1 aliphatic carbocycles. The van der Waals surface area contributed by atoms with Gasteiger partial charge in [0.15, 0.2) is 0 Å². The van der Waals surface area contributed by atoms with Crippen LogP contribution in [0.1, 0.15) is 31.0 Å². The number of ether oxygens (including phenoxy) is 1. The van der Waals surface area contributed by atoms with Crippen molar-refractivity contribution in [3.05, 3.63) is 29.8 Å². The van der Waals surface area contributed by atoms with Crippen LogP contribution in [0, 0.1) is 0 Å². The molecule has 0 radical (unpaired) electrons. The van der Waals surface area contributed by atoms with Crippen molar-refractivity contribution in [1.82, 2.24) is 0 Å². The van der Waals surface area contributed by atoms with Crippen LogP contribution in [0.2, 0.25) is 0 Å². The van der Waals surface area contributed by atoms with Crippen LogP contribution in [0.5, 0.6) is 5.75 Å². The Morgan fingerprint density at radius 3 is 2.53 bits per heavy atom. The van der Waals surface area contributed by atoms with Crippen LogP contribution in [0.3, 0.4) is 0 Å². The molecule has 1 atom stereocenters. The summed E-state index contributed by atoms with van der Waals surface area (Å²) in [6.45, 7) is 0.376. The van der Waals surface area contributed by atoms with Crippen molar-refractivity contribution < 1.29 is 9.13 Å². The lowest BCUT2D eigenvalue weighted by Crippen LogP contribution is -2.03. The second kappa shape index (κ2) is 4.62. The zero-order valence-corrected chi connectivity index (χ0v) is 8.66. The molecule has 2 nitrogen and oxygen atoms in total. The van der Waals surface area contributed by atoms with E-state index in [9.17, 15) is 4.39 Å². The SMILES string of the molecule is NCCC(F)c1ccc(OC2CC2)cc1. The number of benzene rings is 1. The van der Waals surface area contributed by atoms with Gasteiger partial charge in [0.1, 0.15) is 11.9 Å². The van der Waals surface area contributed by atoms with E-state index in [1.807, 2.05) is 12.1 Å². The monoisotopic (exact) mass is 209 g/mol. The van der Waals surface area contributed by atoms with E-state index < -0.39 is 6.17 Å². The number of hydrogen-bond acceptors (Lipinski definition) is 2. The number of alkyl halides is 1. The van der Waals surface area contributed by atoms with Crippen molar-refractivity contribution in [2.45, 2.75) is 31.5 Å². The Morgan fingerprint density at radius 1 is 1.33 bits per heavy atom. The minimum absolute atomic E-state index is 0.376. The summed E-state index contributed by atoms with van der Waals surface area (Å²) in [6.07, 6.45) is 2.09. The summed E-state index contributed by atoms with van der Waals surface area (Å²) in [5, 5.41) is 0. The standard InChI is InChI=1S/C12H16FNO/c13-12(7-8-14)9-1-3-10(4-2-9)15-11-5-6-11/h1-4,11-12H,5-8,14H2. The van der Waals surface area contributed by atoms with Crippen molar-refractivity contribution >= 4 is 0 Å². The first-order chi connectivity index (χ1) is 7.29. The number of rotatable bonds is 5. The molecule has 0 heterocycles. The third kappa shape index (κ3) is 2.93. The first-order valence-electron chi connectivity index (χ1n) is 5.40. The summed E-state index contributed by atoms with van der Waals surface area (Å²) in [4.78, 5) is 0. The molecule has 2 rings (SSSR count). The lowest BCUT2D eigenvalue weighted by atomic mass is 10.1. The normalized spacial score (nSPS) is 17.5. The molecule has 1 aromatic carbocycles. The van der Waals surface area contributed by atoms with E-state index in [1.165, 1.54) is 0 Å². The van der Waals surface area contributed by atoms with Crippen molar-refractivity contribution in [3.63, 3.8) is 0 Å². The van der Waals surface area contributed by atoms with Gasteiger partial charge in [-0.05, 0) is 43.5 Å². The van der Waals surface area contributed by atoms with Crippen LogP contribution in [0.15, 0.2) is 24.3 Å². The van der Waals surface area contributed by atoms with E-state index in [2.05, 4.69) is 0 Å². The summed E-state index contributed by atoms with van der Waals surface area (Å²) in [5.41, 5.74) is 5.99. The zero-order chi connectivity index (χ0) is 10.7. The first kappa shape index (κ1) is 10.4. The highest BCUT2D eigenvalue weighted by atomic mass is 19.1. The molecule has 0 spiro atoms. The van der Waals surface area contributed by atoms with Gasteiger partial charge in [-0.1, -0.05) is 12.1 Å². The van der Waals surface area contributed by atoms with Gasteiger partial charge < -0.3 is 10.5 Å². The average Bonchev–Trinajstić information content (AvgIpc) is 3.03. The van der Waals surface area contributed by atoms with Gasteiger partial charge >= 0.3 is 0 Å². The van der Waals surface area contributed by atoms with Crippen molar-refractivity contribution in [1.29, 1.82) is 0 Å². The molecule has 0 saturated heterocycles. The molecular weight excluding hydrogens is 193 g/mol. The molecule has 1 saturated carbocycles. The van der Waals surface area contributed by atoms with Crippen molar-refractivity contribution in [2.75, 3.05) is 6.54 Å². The maximum Gasteiger partial charge on any atom is 0.126 e. The maximum atomic E-state index is 13.4. The Morgan fingerprint density at radius 2 is 2.00 bits per heavy atom. The Bertz CT molecular complexity index is 308. The van der Waals surface area contributed by atoms with E-state index in [-0.39, 0.29) is 0 Å². The van der Waals surface area contributed by atoms with Gasteiger partial charge in [0.2, 0.25) is 0 Å². The average molecular weight is 209 g/mol. The zero-order valence-electron chi connectivity index (χ0n) is 8.66. The lowest BCUT2D eigenvalue weighted by molar-refractivity contribution is 0.301. The van der Waals surface area contributed by atoms with Gasteiger partial charge in [0.05, 0.1) is 6.10 Å². The summed E-state index contributed by atoms with van der Waals surface area (Å²) in [7, 11) is 0. The minimum atomic E-state index is -0.954. The topological polar surface area (TPSA) is 35.2 Å². The maximum absolute atomic E-state index is 13.4. The number of nitrogens with two attached hydrogens (primary N) is 1. The van der Waals surface area contributed by atoms with Gasteiger partial charge in [-0.2, -0.15) is 0 Å². The second-order valence-corrected chi connectivity index (χ2v) is 3.93. The highest BCUT2D eigenvalue weighted by Crippen LogP contribution is 2.28. The van der Waals surface area contributed by atoms with Crippen LogP contribution in [-0.4, -0.2) is 12.6 Å². The molecule has 2 N–H and O–H groups in total. The van der Waals surface area contributed by atoms with Gasteiger partial charge in [-0.25, -0.2) is 4.39 Å². The molecule has 0 amide bonds. The Balaban J connectivity index is 1.95. The Kier molecular flexibility index (Phi) is 3.21. The molecule has 1 unspecified atom stereocenters.